The number of hydrogen-bond acceptors (Lipinski definition) is 5. The first-order chi connectivity index (χ1) is 16.1. The Hall–Kier alpha value is -3.07. The Bertz CT molecular complexity index is 1410. The van der Waals surface area contributed by atoms with Crippen LogP contribution in [0.5, 0.6) is 5.75 Å². The van der Waals surface area contributed by atoms with E-state index >= 15 is 0 Å². The van der Waals surface area contributed by atoms with Crippen molar-refractivity contribution < 1.29 is 17.9 Å². The lowest BCUT2D eigenvalue weighted by Gasteiger charge is -2.39. The Morgan fingerprint density at radius 1 is 1.15 bits per heavy atom. The molecule has 3 aromatic rings. The number of nitrogens with one attached hydrogen (secondary N) is 2. The molecule has 0 saturated carbocycles. The lowest BCUT2D eigenvalue weighted by molar-refractivity contribution is -0.0509. The van der Waals surface area contributed by atoms with Gasteiger partial charge in [-0.15, -0.1) is 0 Å². The summed E-state index contributed by atoms with van der Waals surface area (Å²) in [6.07, 6.45) is 6.38. The van der Waals surface area contributed by atoms with E-state index in [-0.39, 0.29) is 11.0 Å². The average molecular weight is 501 g/mol. The molecule has 178 valence electrons. The predicted octanol–water partition coefficient (Wildman–Crippen LogP) is 4.53. The van der Waals surface area contributed by atoms with Gasteiger partial charge in [-0.25, -0.2) is 8.42 Å². The number of H-pyrrole nitrogens is 1. The summed E-state index contributed by atoms with van der Waals surface area (Å²) in [5.74, 6) is 0.708. The number of hydrogen-bond donors (Lipinski definition) is 2. The first kappa shape index (κ1) is 24.1. The van der Waals surface area contributed by atoms with Gasteiger partial charge < -0.3 is 14.5 Å². The third kappa shape index (κ3) is 5.19. The molecular weight excluding hydrogens is 476 g/mol. The molecule has 1 aliphatic rings. The van der Waals surface area contributed by atoms with Crippen LogP contribution in [-0.2, 0) is 20.2 Å². The fourth-order valence-electron chi connectivity index (χ4n) is 3.90. The maximum absolute atomic E-state index is 12.6. The van der Waals surface area contributed by atoms with Crippen LogP contribution in [0, 0.1) is 0 Å². The van der Waals surface area contributed by atoms with Gasteiger partial charge in [-0.2, -0.15) is 0 Å². The number of sulfonamides is 1. The van der Waals surface area contributed by atoms with Gasteiger partial charge in [0.05, 0.1) is 31.6 Å². The van der Waals surface area contributed by atoms with E-state index in [1.807, 2.05) is 36.4 Å². The summed E-state index contributed by atoms with van der Waals surface area (Å²) in [7, 11) is -1.72. The van der Waals surface area contributed by atoms with Crippen molar-refractivity contribution in [1.82, 2.24) is 4.98 Å². The summed E-state index contributed by atoms with van der Waals surface area (Å²) < 4.78 is 36.6. The number of aromatic nitrogens is 1. The van der Waals surface area contributed by atoms with Crippen LogP contribution < -0.4 is 15.0 Å². The van der Waals surface area contributed by atoms with Crippen molar-refractivity contribution in [3.63, 3.8) is 0 Å². The van der Waals surface area contributed by atoms with Gasteiger partial charge in [0.1, 0.15) is 5.75 Å². The van der Waals surface area contributed by atoms with Gasteiger partial charge in [-0.05, 0) is 41.5 Å². The van der Waals surface area contributed by atoms with Crippen molar-refractivity contribution >= 4 is 39.5 Å². The second-order valence-corrected chi connectivity index (χ2v) is 10.8. The van der Waals surface area contributed by atoms with Crippen LogP contribution in [0.15, 0.2) is 53.5 Å². The minimum absolute atomic E-state index is 0.237. The number of anilines is 1. The molecule has 1 fully saturated rings. The largest absolute Gasteiger partial charge is 0.496 e. The maximum atomic E-state index is 12.6. The molecule has 0 amide bonds. The van der Waals surface area contributed by atoms with Crippen LogP contribution in [0.25, 0.3) is 23.3 Å². The lowest BCUT2D eigenvalue weighted by atomic mass is 9.78. The molecule has 0 unspecified atom stereocenters. The molecular formula is C25H25ClN2O5S. The minimum Gasteiger partial charge on any atom is -0.496 e. The number of benzene rings is 2. The quantitative estimate of drug-likeness (QED) is 0.464. The molecule has 34 heavy (non-hydrogen) atoms. The maximum Gasteiger partial charge on any atom is 0.255 e. The number of methoxy groups -OCH3 is 1. The Kier molecular flexibility index (Phi) is 6.58. The Morgan fingerprint density at radius 2 is 1.85 bits per heavy atom. The van der Waals surface area contributed by atoms with E-state index < -0.39 is 10.0 Å². The second-order valence-electron chi connectivity index (χ2n) is 8.59. The van der Waals surface area contributed by atoms with Gasteiger partial charge >= 0.3 is 0 Å². The third-order valence-electron chi connectivity index (χ3n) is 5.66. The highest BCUT2D eigenvalue weighted by Gasteiger charge is 2.38. The van der Waals surface area contributed by atoms with E-state index in [4.69, 9.17) is 21.1 Å². The molecule has 0 radical (unpaired) electrons. The molecule has 0 bridgehead atoms. The molecule has 2 heterocycles. The third-order valence-corrected chi connectivity index (χ3v) is 6.49. The number of aromatic amines is 1. The molecule has 9 heteroatoms. The van der Waals surface area contributed by atoms with Crippen LogP contribution in [0.4, 0.5) is 5.69 Å². The van der Waals surface area contributed by atoms with Crippen molar-refractivity contribution in [3.05, 3.63) is 80.7 Å². The Labute approximate surface area is 203 Å². The molecule has 4 rings (SSSR count). The standard InChI is InChI=1S/C25H25ClN2O5S/c1-25(14-33-15-25)22-11-18(21-12-19(26)13-27-24(21)29)10-17(23(22)32-2)7-4-16-5-8-20(9-6-16)28-34(3,30)31/h4-13,28H,14-15H2,1-3H3,(H,27,29). The average Bonchev–Trinajstić information content (AvgIpc) is 2.77. The van der Waals surface area contributed by atoms with Crippen LogP contribution in [-0.4, -0.2) is 40.0 Å². The molecule has 2 aromatic carbocycles. The highest BCUT2D eigenvalue weighted by atomic mass is 35.5. The highest BCUT2D eigenvalue weighted by molar-refractivity contribution is 7.92. The normalized spacial score (nSPS) is 15.2. The van der Waals surface area contributed by atoms with Gasteiger partial charge in [-0.3, -0.25) is 9.52 Å². The van der Waals surface area contributed by atoms with Crippen LogP contribution in [0.3, 0.4) is 0 Å². The molecule has 0 aliphatic carbocycles. The summed E-state index contributed by atoms with van der Waals surface area (Å²) in [6, 6.07) is 12.5. The van der Waals surface area contributed by atoms with Crippen molar-refractivity contribution in [2.45, 2.75) is 12.3 Å². The number of ether oxygens (including phenoxy) is 2. The van der Waals surface area contributed by atoms with E-state index in [9.17, 15) is 13.2 Å². The first-order valence-electron chi connectivity index (χ1n) is 10.5. The van der Waals surface area contributed by atoms with E-state index in [2.05, 4.69) is 16.6 Å². The Balaban J connectivity index is 1.78. The van der Waals surface area contributed by atoms with Gasteiger partial charge in [0.2, 0.25) is 10.0 Å². The molecule has 1 aromatic heterocycles. The zero-order valence-corrected chi connectivity index (χ0v) is 20.6. The highest BCUT2D eigenvalue weighted by Crippen LogP contribution is 2.42. The van der Waals surface area contributed by atoms with E-state index in [1.165, 1.54) is 6.20 Å². The fourth-order valence-corrected chi connectivity index (χ4v) is 4.63. The van der Waals surface area contributed by atoms with Crippen molar-refractivity contribution in [2.24, 2.45) is 0 Å². The predicted molar refractivity (Wildman–Crippen MR) is 136 cm³/mol. The second kappa shape index (κ2) is 9.29. The molecule has 1 saturated heterocycles. The van der Waals surface area contributed by atoms with Crippen molar-refractivity contribution in [2.75, 3.05) is 31.3 Å². The smallest absolute Gasteiger partial charge is 0.255 e. The van der Waals surface area contributed by atoms with E-state index in [1.54, 1.807) is 25.3 Å². The van der Waals surface area contributed by atoms with Gasteiger partial charge in [-0.1, -0.05) is 42.8 Å². The molecule has 0 atom stereocenters. The topological polar surface area (TPSA) is 97.5 Å². The summed E-state index contributed by atoms with van der Waals surface area (Å²) >= 11 is 6.16. The zero-order valence-electron chi connectivity index (χ0n) is 19.0. The van der Waals surface area contributed by atoms with Crippen molar-refractivity contribution in [3.8, 4) is 16.9 Å². The van der Waals surface area contributed by atoms with Crippen LogP contribution >= 0.6 is 11.6 Å². The van der Waals surface area contributed by atoms with Gasteiger partial charge in [0.15, 0.2) is 0 Å². The molecule has 0 spiro atoms. The number of pyridine rings is 1. The molecule has 1 aliphatic heterocycles. The molecule has 7 nitrogen and oxygen atoms in total. The minimum atomic E-state index is -3.34. The summed E-state index contributed by atoms with van der Waals surface area (Å²) in [5, 5.41) is 0.435. The van der Waals surface area contributed by atoms with Gasteiger partial charge in [0.25, 0.3) is 5.56 Å². The van der Waals surface area contributed by atoms with E-state index in [0.717, 1.165) is 28.5 Å². The zero-order chi connectivity index (χ0) is 24.5. The van der Waals surface area contributed by atoms with Crippen LogP contribution in [0.2, 0.25) is 5.02 Å². The fraction of sp³-hybridized carbons (Fsp3) is 0.240. The lowest BCUT2D eigenvalue weighted by Crippen LogP contribution is -2.44. The summed E-state index contributed by atoms with van der Waals surface area (Å²) in [4.78, 5) is 15.2. The number of rotatable bonds is 7. The van der Waals surface area contributed by atoms with Crippen LogP contribution in [0.1, 0.15) is 23.6 Å². The number of halogens is 1. The monoisotopic (exact) mass is 500 g/mol. The summed E-state index contributed by atoms with van der Waals surface area (Å²) in [6.45, 7) is 3.20. The SMILES string of the molecule is COc1c(C=Cc2ccc(NS(C)(=O)=O)cc2)cc(-c2cc(Cl)c[nH]c2=O)cc1C1(C)COC1. The Morgan fingerprint density at radius 3 is 2.44 bits per heavy atom. The van der Waals surface area contributed by atoms with E-state index in [0.29, 0.717) is 35.2 Å². The molecule has 2 N–H and O–H groups in total. The van der Waals surface area contributed by atoms with Gasteiger partial charge in [0, 0.05) is 34.0 Å². The van der Waals surface area contributed by atoms with Crippen molar-refractivity contribution in [1.29, 1.82) is 0 Å². The first-order valence-corrected chi connectivity index (χ1v) is 12.8. The summed E-state index contributed by atoms with van der Waals surface area (Å²) in [5.41, 5.74) is 3.80.